The van der Waals surface area contributed by atoms with Crippen LogP contribution in [0.2, 0.25) is 0 Å². The Morgan fingerprint density at radius 3 is 2.81 bits per heavy atom. The summed E-state index contributed by atoms with van der Waals surface area (Å²) in [5.74, 6) is 0.351. The third-order valence-electron chi connectivity index (χ3n) is 3.87. The van der Waals surface area contributed by atoms with Crippen LogP contribution in [0.3, 0.4) is 0 Å². The van der Waals surface area contributed by atoms with Crippen molar-refractivity contribution in [3.8, 4) is 17.1 Å². The first-order valence-electron chi connectivity index (χ1n) is 6.90. The van der Waals surface area contributed by atoms with Crippen LogP contribution in [-0.2, 0) is 0 Å². The van der Waals surface area contributed by atoms with Gasteiger partial charge in [-0.1, -0.05) is 6.07 Å². The number of aromatic hydroxyl groups is 1. The number of imidazole rings is 1. The molecule has 2 aromatic carbocycles. The van der Waals surface area contributed by atoms with E-state index in [1.807, 2.05) is 0 Å². The van der Waals surface area contributed by atoms with Crippen molar-refractivity contribution in [3.05, 3.63) is 42.2 Å². The maximum absolute atomic E-state index is 13.4. The second-order valence-electron chi connectivity index (χ2n) is 5.41. The Balaban J connectivity index is 2.03. The van der Waals surface area contributed by atoms with E-state index in [2.05, 4.69) is 9.55 Å². The van der Waals surface area contributed by atoms with E-state index in [9.17, 15) is 9.50 Å². The number of fused-ring (bicyclic) bond motifs is 1. The number of hydrogen-bond acceptors (Lipinski definition) is 3. The highest BCUT2D eigenvalue weighted by molar-refractivity contribution is 5.84. The van der Waals surface area contributed by atoms with E-state index >= 15 is 0 Å². The summed E-state index contributed by atoms with van der Waals surface area (Å²) < 4.78 is 15.5. The lowest BCUT2D eigenvalue weighted by Gasteiger charge is -2.10. The molecule has 4 nitrogen and oxygen atoms in total. The summed E-state index contributed by atoms with van der Waals surface area (Å²) in [5, 5.41) is 10.2. The number of halogens is 1. The van der Waals surface area contributed by atoms with Crippen LogP contribution in [0.4, 0.5) is 10.1 Å². The van der Waals surface area contributed by atoms with Crippen LogP contribution in [-0.4, -0.2) is 14.7 Å². The lowest BCUT2D eigenvalue weighted by atomic mass is 10.1. The topological polar surface area (TPSA) is 64.1 Å². The molecule has 0 aliphatic heterocycles. The molecule has 1 aromatic heterocycles. The van der Waals surface area contributed by atoms with Gasteiger partial charge in [0.25, 0.3) is 0 Å². The SMILES string of the molecule is Nc1cccc(-c2nc3cc(F)ccc3n2C2CC2)c1O. The fourth-order valence-corrected chi connectivity index (χ4v) is 2.71. The lowest BCUT2D eigenvalue weighted by Crippen LogP contribution is -1.98. The van der Waals surface area contributed by atoms with Gasteiger partial charge in [0.1, 0.15) is 17.4 Å². The van der Waals surface area contributed by atoms with E-state index in [1.54, 1.807) is 24.3 Å². The van der Waals surface area contributed by atoms with Crippen LogP contribution in [0.5, 0.6) is 5.75 Å². The summed E-state index contributed by atoms with van der Waals surface area (Å²) in [7, 11) is 0. The molecule has 3 N–H and O–H groups in total. The number of hydrogen-bond donors (Lipinski definition) is 2. The largest absolute Gasteiger partial charge is 0.505 e. The fourth-order valence-electron chi connectivity index (χ4n) is 2.71. The Bertz CT molecular complexity index is 852. The van der Waals surface area contributed by atoms with Crippen LogP contribution in [0, 0.1) is 5.82 Å². The molecule has 0 unspecified atom stereocenters. The molecule has 0 radical (unpaired) electrons. The number of anilines is 1. The number of nitrogens with zero attached hydrogens (tertiary/aromatic N) is 2. The van der Waals surface area contributed by atoms with E-state index in [-0.39, 0.29) is 11.6 Å². The molecule has 0 amide bonds. The van der Waals surface area contributed by atoms with Crippen molar-refractivity contribution in [2.75, 3.05) is 5.73 Å². The first kappa shape index (κ1) is 12.2. The summed E-state index contributed by atoms with van der Waals surface area (Å²) in [4.78, 5) is 4.51. The first-order valence-corrected chi connectivity index (χ1v) is 6.90. The van der Waals surface area contributed by atoms with Gasteiger partial charge in [0.05, 0.1) is 22.3 Å². The molecule has 1 aliphatic rings. The van der Waals surface area contributed by atoms with E-state index < -0.39 is 0 Å². The maximum Gasteiger partial charge on any atom is 0.149 e. The summed E-state index contributed by atoms with van der Waals surface area (Å²) in [5.41, 5.74) is 8.15. The highest BCUT2D eigenvalue weighted by atomic mass is 19.1. The van der Waals surface area contributed by atoms with Crippen molar-refractivity contribution in [2.45, 2.75) is 18.9 Å². The molecule has 1 heterocycles. The van der Waals surface area contributed by atoms with Crippen molar-refractivity contribution in [3.63, 3.8) is 0 Å². The zero-order valence-corrected chi connectivity index (χ0v) is 11.3. The number of nitrogen functional groups attached to an aromatic ring is 1. The van der Waals surface area contributed by atoms with Crippen LogP contribution >= 0.6 is 0 Å². The Morgan fingerprint density at radius 1 is 1.24 bits per heavy atom. The lowest BCUT2D eigenvalue weighted by molar-refractivity contribution is 0.479. The van der Waals surface area contributed by atoms with Crippen molar-refractivity contribution < 1.29 is 9.50 Å². The second-order valence-corrected chi connectivity index (χ2v) is 5.41. The average Bonchev–Trinajstić information content (AvgIpc) is 3.23. The molecule has 106 valence electrons. The van der Waals surface area contributed by atoms with Gasteiger partial charge in [-0.2, -0.15) is 0 Å². The molecular weight excluding hydrogens is 269 g/mol. The minimum atomic E-state index is -0.314. The zero-order chi connectivity index (χ0) is 14.6. The van der Waals surface area contributed by atoms with Gasteiger partial charge in [-0.25, -0.2) is 9.37 Å². The van der Waals surface area contributed by atoms with Crippen molar-refractivity contribution in [1.29, 1.82) is 0 Å². The quantitative estimate of drug-likeness (QED) is 0.559. The van der Waals surface area contributed by atoms with E-state index in [0.717, 1.165) is 18.4 Å². The smallest absolute Gasteiger partial charge is 0.149 e. The minimum Gasteiger partial charge on any atom is -0.505 e. The van der Waals surface area contributed by atoms with Gasteiger partial charge in [0.2, 0.25) is 0 Å². The molecule has 3 aromatic rings. The van der Waals surface area contributed by atoms with Crippen molar-refractivity contribution in [2.24, 2.45) is 0 Å². The molecule has 0 bridgehead atoms. The van der Waals surface area contributed by atoms with Gasteiger partial charge in [0, 0.05) is 12.1 Å². The molecular formula is C16H14FN3O. The molecule has 0 spiro atoms. The Hall–Kier alpha value is -2.56. The maximum atomic E-state index is 13.4. The third kappa shape index (κ3) is 1.85. The van der Waals surface area contributed by atoms with Gasteiger partial charge >= 0.3 is 0 Å². The van der Waals surface area contributed by atoms with Crippen molar-refractivity contribution in [1.82, 2.24) is 9.55 Å². The Labute approximate surface area is 120 Å². The first-order chi connectivity index (χ1) is 10.1. The molecule has 0 saturated heterocycles. The molecule has 4 rings (SSSR count). The molecule has 21 heavy (non-hydrogen) atoms. The summed E-state index contributed by atoms with van der Waals surface area (Å²) in [6.07, 6.45) is 2.14. The number of phenolic OH excluding ortho intramolecular Hbond substituents is 1. The summed E-state index contributed by atoms with van der Waals surface area (Å²) >= 11 is 0. The second kappa shape index (κ2) is 4.22. The Morgan fingerprint density at radius 2 is 2.05 bits per heavy atom. The van der Waals surface area contributed by atoms with E-state index in [0.29, 0.717) is 28.6 Å². The number of rotatable bonds is 2. The van der Waals surface area contributed by atoms with E-state index in [1.165, 1.54) is 12.1 Å². The predicted molar refractivity (Wildman–Crippen MR) is 79.5 cm³/mol. The van der Waals surface area contributed by atoms with E-state index in [4.69, 9.17) is 5.73 Å². The molecule has 0 atom stereocenters. The molecule has 1 saturated carbocycles. The van der Waals surface area contributed by atoms with Crippen molar-refractivity contribution >= 4 is 16.7 Å². The van der Waals surface area contributed by atoms with Gasteiger partial charge in [-0.05, 0) is 37.1 Å². The minimum absolute atomic E-state index is 0.0233. The Kier molecular flexibility index (Phi) is 2.45. The number of para-hydroxylation sites is 1. The number of aromatic nitrogens is 2. The standard InChI is InChI=1S/C16H14FN3O/c17-9-4-7-14-13(8-9)19-16(20(14)10-5-6-10)11-2-1-3-12(18)15(11)21/h1-4,7-8,10,21H,5-6,18H2. The summed E-state index contributed by atoms with van der Waals surface area (Å²) in [6.45, 7) is 0. The predicted octanol–water partition coefficient (Wildman–Crippen LogP) is 3.47. The molecule has 1 aliphatic carbocycles. The van der Waals surface area contributed by atoms with Gasteiger partial charge < -0.3 is 15.4 Å². The van der Waals surface area contributed by atoms with Gasteiger partial charge in [-0.15, -0.1) is 0 Å². The van der Waals surface area contributed by atoms with Gasteiger partial charge in [0.15, 0.2) is 0 Å². The van der Waals surface area contributed by atoms with Crippen LogP contribution in [0.1, 0.15) is 18.9 Å². The molecule has 5 heteroatoms. The normalized spacial score (nSPS) is 14.7. The monoisotopic (exact) mass is 283 g/mol. The third-order valence-corrected chi connectivity index (χ3v) is 3.87. The zero-order valence-electron chi connectivity index (χ0n) is 11.3. The average molecular weight is 283 g/mol. The van der Waals surface area contributed by atoms with Crippen LogP contribution in [0.25, 0.3) is 22.4 Å². The highest BCUT2D eigenvalue weighted by Gasteiger charge is 2.29. The molecule has 1 fully saturated rings. The summed E-state index contributed by atoms with van der Waals surface area (Å²) in [6, 6.07) is 10.2. The number of nitrogens with two attached hydrogens (primary N) is 1. The van der Waals surface area contributed by atoms with Crippen LogP contribution < -0.4 is 5.73 Å². The highest BCUT2D eigenvalue weighted by Crippen LogP contribution is 2.43. The van der Waals surface area contributed by atoms with Crippen LogP contribution in [0.15, 0.2) is 36.4 Å². The van der Waals surface area contributed by atoms with Gasteiger partial charge in [-0.3, -0.25) is 0 Å². The number of benzene rings is 2. The number of phenols is 1. The fraction of sp³-hybridized carbons (Fsp3) is 0.188.